The van der Waals surface area contributed by atoms with Crippen LogP contribution in [0.15, 0.2) is 17.6 Å². The van der Waals surface area contributed by atoms with Crippen molar-refractivity contribution in [3.63, 3.8) is 0 Å². The second-order valence-corrected chi connectivity index (χ2v) is 4.64. The van der Waals surface area contributed by atoms with E-state index < -0.39 is 0 Å². The highest BCUT2D eigenvalue weighted by molar-refractivity contribution is 5.84. The Kier molecular flexibility index (Phi) is 6.95. The molecule has 0 bridgehead atoms. The summed E-state index contributed by atoms with van der Waals surface area (Å²) in [5.74, 6) is 0.586. The average Bonchev–Trinajstić information content (AvgIpc) is 2.90. The summed E-state index contributed by atoms with van der Waals surface area (Å²) in [5.41, 5.74) is 0. The SMILES string of the molecule is C=CCNC(=NCC(=O)N(C)C)NCC1CCCO1. The number of guanidine groups is 1. The van der Waals surface area contributed by atoms with Crippen molar-refractivity contribution in [1.82, 2.24) is 15.5 Å². The van der Waals surface area contributed by atoms with Gasteiger partial charge < -0.3 is 20.3 Å². The lowest BCUT2D eigenvalue weighted by atomic mass is 10.2. The fourth-order valence-electron chi connectivity index (χ4n) is 1.65. The minimum absolute atomic E-state index is 0.0307. The van der Waals surface area contributed by atoms with E-state index in [0.717, 1.165) is 19.4 Å². The third-order valence-electron chi connectivity index (χ3n) is 2.81. The fraction of sp³-hybridized carbons (Fsp3) is 0.692. The van der Waals surface area contributed by atoms with Crippen LogP contribution in [0, 0.1) is 0 Å². The Balaban J connectivity index is 2.42. The number of hydrogen-bond acceptors (Lipinski definition) is 3. The Hall–Kier alpha value is -1.56. The molecule has 19 heavy (non-hydrogen) atoms. The van der Waals surface area contributed by atoms with Gasteiger partial charge in [-0.05, 0) is 12.8 Å². The van der Waals surface area contributed by atoms with Gasteiger partial charge in [0, 0.05) is 33.8 Å². The van der Waals surface area contributed by atoms with Crippen molar-refractivity contribution in [3.05, 3.63) is 12.7 Å². The molecule has 0 saturated carbocycles. The lowest BCUT2D eigenvalue weighted by molar-refractivity contribution is -0.127. The number of likely N-dealkylation sites (N-methyl/N-ethyl adjacent to an activating group) is 1. The minimum Gasteiger partial charge on any atom is -0.376 e. The van der Waals surface area contributed by atoms with E-state index in [1.165, 1.54) is 4.90 Å². The molecule has 6 heteroatoms. The van der Waals surface area contributed by atoms with Crippen LogP contribution in [0.5, 0.6) is 0 Å². The number of carbonyl (C=O) groups excluding carboxylic acids is 1. The summed E-state index contributed by atoms with van der Waals surface area (Å²) < 4.78 is 5.53. The topological polar surface area (TPSA) is 66.0 Å². The number of aliphatic imine (C=N–C) groups is 1. The van der Waals surface area contributed by atoms with Crippen LogP contribution >= 0.6 is 0 Å². The van der Waals surface area contributed by atoms with Gasteiger partial charge in [-0.15, -0.1) is 6.58 Å². The van der Waals surface area contributed by atoms with Crippen molar-refractivity contribution in [2.45, 2.75) is 18.9 Å². The molecule has 1 aliphatic rings. The van der Waals surface area contributed by atoms with Gasteiger partial charge >= 0.3 is 0 Å². The Labute approximate surface area is 114 Å². The first-order valence-corrected chi connectivity index (χ1v) is 6.58. The van der Waals surface area contributed by atoms with Crippen LogP contribution in [0.25, 0.3) is 0 Å². The molecule has 1 atom stereocenters. The first kappa shape index (κ1) is 15.5. The smallest absolute Gasteiger partial charge is 0.243 e. The summed E-state index contributed by atoms with van der Waals surface area (Å²) in [5, 5.41) is 6.27. The van der Waals surface area contributed by atoms with E-state index in [9.17, 15) is 4.79 Å². The molecular weight excluding hydrogens is 244 g/mol. The maximum Gasteiger partial charge on any atom is 0.243 e. The van der Waals surface area contributed by atoms with Gasteiger partial charge in [-0.3, -0.25) is 4.79 Å². The normalized spacial score (nSPS) is 19.1. The predicted molar refractivity (Wildman–Crippen MR) is 76.2 cm³/mol. The summed E-state index contributed by atoms with van der Waals surface area (Å²) in [4.78, 5) is 17.3. The molecule has 6 nitrogen and oxygen atoms in total. The molecule has 108 valence electrons. The molecule has 1 heterocycles. The van der Waals surface area contributed by atoms with Crippen molar-refractivity contribution in [2.75, 3.05) is 40.3 Å². The molecule has 1 aliphatic heterocycles. The maximum absolute atomic E-state index is 11.5. The van der Waals surface area contributed by atoms with Gasteiger partial charge in [0.15, 0.2) is 5.96 Å². The second-order valence-electron chi connectivity index (χ2n) is 4.64. The monoisotopic (exact) mass is 268 g/mol. The van der Waals surface area contributed by atoms with Crippen LogP contribution < -0.4 is 10.6 Å². The van der Waals surface area contributed by atoms with Crippen LogP contribution in [0.4, 0.5) is 0 Å². The Morgan fingerprint density at radius 1 is 1.53 bits per heavy atom. The Bertz CT molecular complexity index is 323. The highest BCUT2D eigenvalue weighted by atomic mass is 16.5. The van der Waals surface area contributed by atoms with Gasteiger partial charge in [0.1, 0.15) is 6.54 Å². The third kappa shape index (κ3) is 6.24. The van der Waals surface area contributed by atoms with E-state index in [-0.39, 0.29) is 18.6 Å². The van der Waals surface area contributed by atoms with E-state index in [1.54, 1.807) is 20.2 Å². The summed E-state index contributed by atoms with van der Waals surface area (Å²) >= 11 is 0. The van der Waals surface area contributed by atoms with Gasteiger partial charge in [-0.1, -0.05) is 6.08 Å². The number of carbonyl (C=O) groups is 1. The molecule has 2 N–H and O–H groups in total. The first-order valence-electron chi connectivity index (χ1n) is 6.58. The zero-order valence-electron chi connectivity index (χ0n) is 11.8. The standard InChI is InChI=1S/C13H24N4O2/c1-4-7-14-13(16-10-12(18)17(2)3)15-9-11-6-5-8-19-11/h4,11H,1,5-10H2,2-3H3,(H2,14,15,16). The van der Waals surface area contributed by atoms with E-state index in [4.69, 9.17) is 4.74 Å². The molecule has 0 radical (unpaired) electrons. The largest absolute Gasteiger partial charge is 0.376 e. The van der Waals surface area contributed by atoms with Crippen molar-refractivity contribution in [3.8, 4) is 0 Å². The first-order chi connectivity index (χ1) is 9.13. The van der Waals surface area contributed by atoms with Crippen molar-refractivity contribution < 1.29 is 9.53 Å². The number of hydrogen-bond donors (Lipinski definition) is 2. The number of ether oxygens (including phenoxy) is 1. The highest BCUT2D eigenvalue weighted by Gasteiger charge is 2.15. The molecule has 1 fully saturated rings. The van der Waals surface area contributed by atoms with Gasteiger partial charge in [0.25, 0.3) is 0 Å². The van der Waals surface area contributed by atoms with Gasteiger partial charge in [-0.25, -0.2) is 4.99 Å². The van der Waals surface area contributed by atoms with Gasteiger partial charge in [-0.2, -0.15) is 0 Å². The van der Waals surface area contributed by atoms with Crippen LogP contribution in [-0.2, 0) is 9.53 Å². The molecule has 0 spiro atoms. The maximum atomic E-state index is 11.5. The zero-order chi connectivity index (χ0) is 14.1. The molecule has 1 saturated heterocycles. The Morgan fingerprint density at radius 3 is 2.89 bits per heavy atom. The van der Waals surface area contributed by atoms with E-state index in [2.05, 4.69) is 22.2 Å². The summed E-state index contributed by atoms with van der Waals surface area (Å²) in [7, 11) is 3.43. The summed E-state index contributed by atoms with van der Waals surface area (Å²) in [6.07, 6.45) is 4.16. The van der Waals surface area contributed by atoms with E-state index in [1.807, 2.05) is 0 Å². The molecule has 0 aromatic heterocycles. The quantitative estimate of drug-likeness (QED) is 0.403. The third-order valence-corrected chi connectivity index (χ3v) is 2.81. The molecule has 0 aliphatic carbocycles. The van der Waals surface area contributed by atoms with E-state index >= 15 is 0 Å². The average molecular weight is 268 g/mol. The molecule has 1 unspecified atom stereocenters. The lowest BCUT2D eigenvalue weighted by Crippen LogP contribution is -2.42. The summed E-state index contributed by atoms with van der Waals surface area (Å²) in [6.45, 7) is 5.92. The van der Waals surface area contributed by atoms with Crippen molar-refractivity contribution in [1.29, 1.82) is 0 Å². The van der Waals surface area contributed by atoms with Crippen LogP contribution in [0.2, 0.25) is 0 Å². The lowest BCUT2D eigenvalue weighted by Gasteiger charge is -2.15. The number of nitrogens with zero attached hydrogens (tertiary/aromatic N) is 2. The van der Waals surface area contributed by atoms with Gasteiger partial charge in [0.2, 0.25) is 5.91 Å². The molecular formula is C13H24N4O2. The molecule has 1 amide bonds. The molecule has 0 aromatic carbocycles. The second kappa shape index (κ2) is 8.53. The number of nitrogens with one attached hydrogen (secondary N) is 2. The Morgan fingerprint density at radius 2 is 2.32 bits per heavy atom. The number of rotatable bonds is 6. The molecule has 1 rings (SSSR count). The molecule has 0 aromatic rings. The predicted octanol–water partition coefficient (Wildman–Crippen LogP) is -0.0252. The van der Waals surface area contributed by atoms with Crippen molar-refractivity contribution in [2.24, 2.45) is 4.99 Å². The fourth-order valence-corrected chi connectivity index (χ4v) is 1.65. The van der Waals surface area contributed by atoms with Crippen LogP contribution in [0.3, 0.4) is 0 Å². The van der Waals surface area contributed by atoms with E-state index in [0.29, 0.717) is 19.0 Å². The zero-order valence-corrected chi connectivity index (χ0v) is 11.8. The van der Waals surface area contributed by atoms with Crippen LogP contribution in [0.1, 0.15) is 12.8 Å². The minimum atomic E-state index is -0.0307. The summed E-state index contributed by atoms with van der Waals surface area (Å²) in [6, 6.07) is 0. The van der Waals surface area contributed by atoms with Crippen LogP contribution in [-0.4, -0.2) is 63.2 Å². The van der Waals surface area contributed by atoms with Gasteiger partial charge in [0.05, 0.1) is 6.10 Å². The van der Waals surface area contributed by atoms with Crippen molar-refractivity contribution >= 4 is 11.9 Å². The highest BCUT2D eigenvalue weighted by Crippen LogP contribution is 2.10. The number of amides is 1.